The fraction of sp³-hybridized carbons (Fsp3) is 0.701. The zero-order valence-electron chi connectivity index (χ0n) is 58.0. The number of cyclic esters (lactones) is 2. The Balaban J connectivity index is 1.54. The number of esters is 3. The van der Waals surface area contributed by atoms with Crippen LogP contribution >= 0.6 is 0 Å². The predicted octanol–water partition coefficient (Wildman–Crippen LogP) is 0.896. The van der Waals surface area contributed by atoms with Crippen molar-refractivity contribution >= 4 is 82.8 Å². The van der Waals surface area contributed by atoms with Crippen LogP contribution in [-0.2, 0) is 87.8 Å². The average molecular weight is 1350 g/mol. The molecule has 1 aromatic rings. The maximum Gasteiger partial charge on any atom is 0.329 e. The number of nitrogens with two attached hydrogens (primary N) is 1. The molecule has 29 heteroatoms. The quantitative estimate of drug-likeness (QED) is 0.0482. The molecule has 0 spiro atoms. The first kappa shape index (κ1) is 78.5. The molecule has 0 radical (unpaired) electrons. The standard InChI is InChI=1S/C67H102N10O19/c1-15-37(8)54-50(78)33-53(81)96-57(36(6)7)56(82)38(9)58(83)71-45(30-34(2)3)63(88)77-29-17-19-47(77)65(90)75(13)49(32-41-20-22-42(93-14)23-21-41)67(92)94-39(10)55(61(86)72-54)73-60(85)48(31-35(4)5)74(12)64(89)46-18-16-28-76(46)62(87)40(11)95-66(91)44(24-26-51(68)79)70-59(84)43-25-27-52(80)69-43/h20-23,34-40,43-50,54-55,57,78H,15-19,24-33H2,1-14H3,(H2,68,79)(H,69,80)(H,70,84)(H,71,83)(H,72,86)(H,73,85)/t37-,38-,39+,40-,43-,44-,45-,46-,47-,48+,49-,50-,54+,55+,57-/m0/s1. The molecule has 4 saturated heterocycles. The number of likely N-dealkylation sites (tertiary alicyclic amines) is 1. The molecular formula is C67H102N10O19. The van der Waals surface area contributed by atoms with E-state index < -0.39 is 180 Å². The number of methoxy groups -OCH3 is 1. The molecule has 0 saturated carbocycles. The zero-order valence-corrected chi connectivity index (χ0v) is 58.0. The number of ketones is 1. The summed E-state index contributed by atoms with van der Waals surface area (Å²) in [5, 5.41) is 25.2. The number of aliphatic hydroxyl groups is 1. The van der Waals surface area contributed by atoms with Gasteiger partial charge in [0.05, 0.1) is 31.6 Å². The van der Waals surface area contributed by atoms with E-state index in [-0.39, 0.29) is 88.6 Å². The van der Waals surface area contributed by atoms with Gasteiger partial charge in [0, 0.05) is 46.4 Å². The van der Waals surface area contributed by atoms with E-state index >= 15 is 19.2 Å². The molecule has 0 bridgehead atoms. The number of amides is 10. The molecule has 4 aliphatic rings. The molecule has 5 rings (SSSR count). The van der Waals surface area contributed by atoms with Gasteiger partial charge in [0.2, 0.25) is 53.2 Å². The number of rotatable bonds is 22. The van der Waals surface area contributed by atoms with Gasteiger partial charge in [-0.3, -0.25) is 57.5 Å². The van der Waals surface area contributed by atoms with Crippen LogP contribution in [0.25, 0.3) is 0 Å². The monoisotopic (exact) mass is 1350 g/mol. The second kappa shape index (κ2) is 35.7. The van der Waals surface area contributed by atoms with E-state index in [0.717, 1.165) is 9.80 Å². The third-order valence-corrected chi connectivity index (χ3v) is 18.4. The Bertz CT molecular complexity index is 3000. The predicted molar refractivity (Wildman–Crippen MR) is 346 cm³/mol. The Morgan fingerprint density at radius 1 is 0.833 bits per heavy atom. The molecule has 4 heterocycles. The van der Waals surface area contributed by atoms with Crippen molar-refractivity contribution in [1.29, 1.82) is 0 Å². The number of carbonyl (C=O) groups excluding carboxylic acids is 14. The van der Waals surface area contributed by atoms with Crippen LogP contribution in [0.2, 0.25) is 0 Å². The summed E-state index contributed by atoms with van der Waals surface area (Å²) in [5.74, 6) is -14.2. The highest BCUT2D eigenvalue weighted by atomic mass is 16.6. The van der Waals surface area contributed by atoms with Crippen LogP contribution in [0.3, 0.4) is 0 Å². The second-order valence-corrected chi connectivity index (χ2v) is 27.1. The van der Waals surface area contributed by atoms with Gasteiger partial charge in [-0.2, -0.15) is 0 Å². The van der Waals surface area contributed by atoms with Gasteiger partial charge in [0.1, 0.15) is 60.2 Å². The molecule has 0 aromatic heterocycles. The van der Waals surface area contributed by atoms with Gasteiger partial charge in [0.25, 0.3) is 5.91 Å². The van der Waals surface area contributed by atoms with Gasteiger partial charge in [-0.05, 0) is 114 Å². The van der Waals surface area contributed by atoms with Gasteiger partial charge in [-0.1, -0.05) is 73.9 Å². The minimum atomic E-state index is -1.86. The van der Waals surface area contributed by atoms with E-state index in [2.05, 4.69) is 26.6 Å². The molecule has 10 amide bonds. The Kier molecular flexibility index (Phi) is 29.1. The molecule has 534 valence electrons. The van der Waals surface area contributed by atoms with E-state index in [9.17, 15) is 53.1 Å². The van der Waals surface area contributed by atoms with E-state index in [4.69, 9.17) is 24.7 Å². The fourth-order valence-electron chi connectivity index (χ4n) is 12.4. The smallest absolute Gasteiger partial charge is 0.329 e. The number of ether oxygens (including phenoxy) is 4. The van der Waals surface area contributed by atoms with Gasteiger partial charge < -0.3 is 76.0 Å². The van der Waals surface area contributed by atoms with Crippen molar-refractivity contribution in [3.8, 4) is 5.75 Å². The Labute approximate surface area is 561 Å². The van der Waals surface area contributed by atoms with Crippen LogP contribution in [0.15, 0.2) is 24.3 Å². The summed E-state index contributed by atoms with van der Waals surface area (Å²) in [6.07, 6.45) is -6.48. The number of hydrogen-bond acceptors (Lipinski definition) is 19. The second-order valence-electron chi connectivity index (χ2n) is 27.1. The lowest BCUT2D eigenvalue weighted by Gasteiger charge is -2.36. The van der Waals surface area contributed by atoms with E-state index in [1.165, 1.54) is 51.8 Å². The van der Waals surface area contributed by atoms with Crippen molar-refractivity contribution < 1.29 is 91.2 Å². The highest BCUT2D eigenvalue weighted by Crippen LogP contribution is 2.28. The van der Waals surface area contributed by atoms with Gasteiger partial charge in [0.15, 0.2) is 18.0 Å². The number of fused-ring (bicyclic) bond motifs is 1. The first-order valence-electron chi connectivity index (χ1n) is 33.5. The van der Waals surface area contributed by atoms with E-state index in [1.807, 2.05) is 13.8 Å². The summed E-state index contributed by atoms with van der Waals surface area (Å²) >= 11 is 0. The maximum absolute atomic E-state index is 15.2. The molecule has 4 aliphatic heterocycles. The lowest BCUT2D eigenvalue weighted by Crippen LogP contribution is -2.62. The number of likely N-dealkylation sites (N-methyl/N-ethyl adjacent to an activating group) is 2. The van der Waals surface area contributed by atoms with Crippen molar-refractivity contribution in [3.63, 3.8) is 0 Å². The third-order valence-electron chi connectivity index (χ3n) is 18.4. The Morgan fingerprint density at radius 2 is 1.49 bits per heavy atom. The molecule has 15 atom stereocenters. The third kappa shape index (κ3) is 20.9. The van der Waals surface area contributed by atoms with Crippen LogP contribution in [0.1, 0.15) is 159 Å². The lowest BCUT2D eigenvalue weighted by atomic mass is 9.91. The normalized spacial score (nSPS) is 26.6. The highest BCUT2D eigenvalue weighted by molar-refractivity contribution is 6.05. The number of Topliss-reactive ketones (excluding diaryl/α,β-unsaturated/α-hetero) is 1. The molecular weight excluding hydrogens is 1250 g/mol. The first-order valence-corrected chi connectivity index (χ1v) is 33.5. The minimum absolute atomic E-state index is 0.0193. The summed E-state index contributed by atoms with van der Waals surface area (Å²) in [7, 11) is 4.17. The van der Waals surface area contributed by atoms with Crippen LogP contribution in [0.4, 0.5) is 0 Å². The van der Waals surface area contributed by atoms with E-state index in [0.29, 0.717) is 30.6 Å². The van der Waals surface area contributed by atoms with Crippen molar-refractivity contribution in [3.05, 3.63) is 29.8 Å². The van der Waals surface area contributed by atoms with Crippen LogP contribution in [0, 0.1) is 29.6 Å². The topological polar surface area (TPSA) is 395 Å². The van der Waals surface area contributed by atoms with Crippen molar-refractivity contribution in [2.45, 2.75) is 238 Å². The van der Waals surface area contributed by atoms with Crippen molar-refractivity contribution in [2.24, 2.45) is 35.3 Å². The van der Waals surface area contributed by atoms with Gasteiger partial charge in [-0.25, -0.2) is 9.59 Å². The number of primary amides is 1. The first-order chi connectivity index (χ1) is 45.1. The zero-order chi connectivity index (χ0) is 71.7. The average Bonchev–Trinajstić information content (AvgIpc) is 1.60. The van der Waals surface area contributed by atoms with E-state index in [1.54, 1.807) is 65.8 Å². The summed E-state index contributed by atoms with van der Waals surface area (Å²) in [5.41, 5.74) is 5.88. The van der Waals surface area contributed by atoms with Gasteiger partial charge >= 0.3 is 17.9 Å². The van der Waals surface area contributed by atoms with Crippen LogP contribution in [0.5, 0.6) is 5.75 Å². The number of benzene rings is 1. The van der Waals surface area contributed by atoms with Crippen molar-refractivity contribution in [1.82, 2.24) is 46.2 Å². The molecule has 0 unspecified atom stereocenters. The summed E-state index contributed by atoms with van der Waals surface area (Å²) in [6, 6.07) is -5.39. The van der Waals surface area contributed by atoms with Crippen LogP contribution < -0.4 is 37.1 Å². The highest BCUT2D eigenvalue weighted by Gasteiger charge is 2.47. The number of hydrogen-bond donors (Lipinski definition) is 7. The number of carbonyl (C=O) groups is 14. The molecule has 1 aromatic carbocycles. The molecule has 0 aliphatic carbocycles. The maximum atomic E-state index is 15.2. The molecule has 8 N–H and O–H groups in total. The summed E-state index contributed by atoms with van der Waals surface area (Å²) in [4.78, 5) is 202. The van der Waals surface area contributed by atoms with Crippen LogP contribution in [-0.4, -0.2) is 221 Å². The summed E-state index contributed by atoms with van der Waals surface area (Å²) in [6.45, 7) is 17.8. The molecule has 96 heavy (non-hydrogen) atoms. The largest absolute Gasteiger partial charge is 0.497 e. The molecule has 29 nitrogen and oxygen atoms in total. The number of aliphatic hydroxyl groups excluding tert-OH is 1. The fourth-order valence-corrected chi connectivity index (χ4v) is 12.4. The number of nitrogens with zero attached hydrogens (tertiary/aromatic N) is 4. The van der Waals surface area contributed by atoms with Crippen molar-refractivity contribution in [2.75, 3.05) is 34.3 Å². The number of nitrogens with one attached hydrogen (secondary N) is 5. The Hall–Kier alpha value is -8.24. The molecule has 4 fully saturated rings. The van der Waals surface area contributed by atoms with Gasteiger partial charge in [-0.15, -0.1) is 0 Å². The lowest BCUT2D eigenvalue weighted by molar-refractivity contribution is -0.163. The Morgan fingerprint density at radius 3 is 2.07 bits per heavy atom. The minimum Gasteiger partial charge on any atom is -0.497 e. The summed E-state index contributed by atoms with van der Waals surface area (Å²) < 4.78 is 22.9. The SMILES string of the molecule is CC[C@H](C)[C@H]1NC(=O)[C@H](NC(=O)[C@@H](CC(C)C)N(C)C(=O)[C@@H]2CCCN2C(=O)[C@H](C)OC(=O)[C@H](CCC(N)=O)NC(=O)[C@@H]2CCC(=O)N2)[C@@H](C)OC(=O)[C@H](Cc2ccc(OC)cc2)N(C)C(=O)[C@@H]2CCCN2C(=O)[C@H](CC(C)C)NC(=O)[C@@H](C)C(=O)[C@H](C(C)C)OC(=O)C[C@@H]1O.